The van der Waals surface area contributed by atoms with Crippen LogP contribution in [-0.2, 0) is 21.6 Å². The Labute approximate surface area is 178 Å². The van der Waals surface area contributed by atoms with Crippen LogP contribution < -0.4 is 0 Å². The Morgan fingerprint density at radius 3 is 2.23 bits per heavy atom. The summed E-state index contributed by atoms with van der Waals surface area (Å²) in [5, 5.41) is 0. The Morgan fingerprint density at radius 1 is 1.06 bits per heavy atom. The number of carbonyl (C=O) groups excluding carboxylic acids is 2. The highest BCUT2D eigenvalue weighted by Crippen LogP contribution is 2.42. The second-order valence-corrected chi connectivity index (χ2v) is 8.58. The number of rotatable bonds is 5. The summed E-state index contributed by atoms with van der Waals surface area (Å²) in [6, 6.07) is 14.5. The smallest absolute Gasteiger partial charge is 0.411 e. The highest BCUT2D eigenvalue weighted by atomic mass is 19.4. The molecule has 5 nitrogen and oxygen atoms in total. The van der Waals surface area contributed by atoms with E-state index in [2.05, 4.69) is 0 Å². The van der Waals surface area contributed by atoms with Gasteiger partial charge in [-0.15, -0.1) is 0 Å². The fraction of sp³-hybridized carbons (Fsp3) is 0.391. The maximum atomic E-state index is 13.4. The number of carbonyl (C=O) groups is 2. The van der Waals surface area contributed by atoms with Crippen molar-refractivity contribution >= 4 is 12.1 Å². The molecule has 1 atom stereocenters. The molecule has 1 unspecified atom stereocenters. The van der Waals surface area contributed by atoms with Crippen molar-refractivity contribution < 1.29 is 32.2 Å². The van der Waals surface area contributed by atoms with Crippen molar-refractivity contribution in [2.45, 2.75) is 51.1 Å². The Kier molecular flexibility index (Phi) is 6.02. The molecule has 8 heteroatoms. The molecular weight excluding hydrogens is 411 g/mol. The lowest BCUT2D eigenvalue weighted by Gasteiger charge is -2.28. The lowest BCUT2D eigenvalue weighted by Crippen LogP contribution is -2.36. The second kappa shape index (κ2) is 8.24. The van der Waals surface area contributed by atoms with E-state index in [1.54, 1.807) is 45.0 Å². The van der Waals surface area contributed by atoms with Gasteiger partial charge in [0.1, 0.15) is 5.60 Å². The molecule has 1 heterocycles. The van der Waals surface area contributed by atoms with Gasteiger partial charge in [-0.05, 0) is 44.0 Å². The number of esters is 1. The molecule has 2 aromatic carbocycles. The molecule has 0 saturated carbocycles. The minimum Gasteiger partial charge on any atom is -0.456 e. The van der Waals surface area contributed by atoms with Gasteiger partial charge in [0, 0.05) is 6.54 Å². The Balaban J connectivity index is 1.87. The van der Waals surface area contributed by atoms with Crippen LogP contribution >= 0.6 is 0 Å². The number of ether oxygens (including phenoxy) is 2. The first kappa shape index (κ1) is 22.7. The molecule has 1 fully saturated rings. The van der Waals surface area contributed by atoms with E-state index in [0.717, 1.165) is 5.56 Å². The van der Waals surface area contributed by atoms with E-state index in [9.17, 15) is 22.8 Å². The molecule has 0 aromatic heterocycles. The fourth-order valence-corrected chi connectivity index (χ4v) is 3.48. The molecule has 0 aliphatic carbocycles. The van der Waals surface area contributed by atoms with Gasteiger partial charge >= 0.3 is 18.2 Å². The van der Waals surface area contributed by atoms with Gasteiger partial charge in [0.15, 0.2) is 5.60 Å². The molecule has 0 radical (unpaired) electrons. The zero-order chi connectivity index (χ0) is 22.9. The molecule has 31 heavy (non-hydrogen) atoms. The molecule has 0 N–H and O–H groups in total. The van der Waals surface area contributed by atoms with Crippen LogP contribution in [0.3, 0.4) is 0 Å². The van der Waals surface area contributed by atoms with E-state index in [1.165, 1.54) is 29.2 Å². The number of hydrogen-bond donors (Lipinski definition) is 0. The third-order valence-corrected chi connectivity index (χ3v) is 4.73. The predicted molar refractivity (Wildman–Crippen MR) is 107 cm³/mol. The van der Waals surface area contributed by atoms with Crippen LogP contribution in [0.5, 0.6) is 0 Å². The third kappa shape index (κ3) is 5.77. The average molecular weight is 435 g/mol. The van der Waals surface area contributed by atoms with Gasteiger partial charge in [0.2, 0.25) is 0 Å². The Bertz CT molecular complexity index is 936. The largest absolute Gasteiger partial charge is 0.456 e. The van der Waals surface area contributed by atoms with Crippen LogP contribution in [0.4, 0.5) is 18.0 Å². The molecule has 1 amide bonds. The number of alkyl halides is 3. The van der Waals surface area contributed by atoms with Gasteiger partial charge in [-0.25, -0.2) is 9.59 Å². The number of halogens is 3. The van der Waals surface area contributed by atoms with Crippen LogP contribution in [0.1, 0.15) is 48.7 Å². The van der Waals surface area contributed by atoms with Gasteiger partial charge in [-0.2, -0.15) is 13.2 Å². The molecule has 166 valence electrons. The van der Waals surface area contributed by atoms with Crippen molar-refractivity contribution in [1.29, 1.82) is 0 Å². The highest BCUT2D eigenvalue weighted by molar-refractivity contribution is 5.89. The van der Waals surface area contributed by atoms with E-state index in [0.29, 0.717) is 0 Å². The predicted octanol–water partition coefficient (Wildman–Crippen LogP) is 5.44. The van der Waals surface area contributed by atoms with Gasteiger partial charge in [-0.3, -0.25) is 4.90 Å². The van der Waals surface area contributed by atoms with Crippen molar-refractivity contribution in [3.63, 3.8) is 0 Å². The summed E-state index contributed by atoms with van der Waals surface area (Å²) in [7, 11) is 0. The summed E-state index contributed by atoms with van der Waals surface area (Å²) in [6.07, 6.45) is -6.71. The minimum absolute atomic E-state index is 0.134. The van der Waals surface area contributed by atoms with Crippen molar-refractivity contribution in [3.05, 3.63) is 71.3 Å². The van der Waals surface area contributed by atoms with Crippen molar-refractivity contribution in [2.75, 3.05) is 6.54 Å². The van der Waals surface area contributed by atoms with Crippen LogP contribution in [0.2, 0.25) is 0 Å². The monoisotopic (exact) mass is 435 g/mol. The number of cyclic esters (lactones) is 1. The molecule has 1 aliphatic rings. The van der Waals surface area contributed by atoms with Gasteiger partial charge in [0.05, 0.1) is 18.5 Å². The zero-order valence-electron chi connectivity index (χ0n) is 17.5. The minimum atomic E-state index is -4.56. The number of amides is 1. The molecule has 0 bridgehead atoms. The fourth-order valence-electron chi connectivity index (χ4n) is 3.48. The summed E-state index contributed by atoms with van der Waals surface area (Å²) < 4.78 is 50.9. The van der Waals surface area contributed by atoms with Crippen molar-refractivity contribution in [2.24, 2.45) is 0 Å². The summed E-state index contributed by atoms with van der Waals surface area (Å²) in [4.78, 5) is 25.9. The van der Waals surface area contributed by atoms with Crippen LogP contribution in [0, 0.1) is 0 Å². The Hall–Kier alpha value is -3.03. The first-order chi connectivity index (χ1) is 14.4. The quantitative estimate of drug-likeness (QED) is 0.587. The lowest BCUT2D eigenvalue weighted by molar-refractivity contribution is -0.171. The normalized spacial score (nSPS) is 19.3. The zero-order valence-corrected chi connectivity index (χ0v) is 17.5. The number of hydrogen-bond acceptors (Lipinski definition) is 4. The van der Waals surface area contributed by atoms with E-state index < -0.39 is 35.9 Å². The molecular formula is C23H24F3NO4. The summed E-state index contributed by atoms with van der Waals surface area (Å²) >= 11 is 0. The van der Waals surface area contributed by atoms with Crippen LogP contribution in [0.25, 0.3) is 0 Å². The van der Waals surface area contributed by atoms with Crippen LogP contribution in [-0.4, -0.2) is 35.3 Å². The maximum absolute atomic E-state index is 13.4. The topological polar surface area (TPSA) is 55.8 Å². The molecule has 1 saturated heterocycles. The highest BCUT2D eigenvalue weighted by Gasteiger charge is 2.53. The molecule has 0 spiro atoms. The van der Waals surface area contributed by atoms with E-state index >= 15 is 0 Å². The van der Waals surface area contributed by atoms with Crippen molar-refractivity contribution in [1.82, 2.24) is 4.90 Å². The van der Waals surface area contributed by atoms with E-state index in [4.69, 9.17) is 9.47 Å². The summed E-state index contributed by atoms with van der Waals surface area (Å²) in [6.45, 7) is 5.03. The summed E-state index contributed by atoms with van der Waals surface area (Å²) in [5.41, 5.74) is -1.45. The first-order valence-electron chi connectivity index (χ1n) is 9.79. The molecule has 3 rings (SSSR count). The standard InChI is InChI=1S/C23H24F3NO4/c1-21(2,3)30-19(28)17-9-11-18(12-10-17)22(14-23(24,25)26)15-27(20(29)31-22)13-16-7-5-4-6-8-16/h4-12H,13-15H2,1-3H3. The van der Waals surface area contributed by atoms with E-state index in [1.807, 2.05) is 6.07 Å². The summed E-state index contributed by atoms with van der Waals surface area (Å²) in [5.74, 6) is -0.585. The van der Waals surface area contributed by atoms with Crippen LogP contribution in [0.15, 0.2) is 54.6 Å². The maximum Gasteiger partial charge on any atom is 0.411 e. The molecule has 2 aromatic rings. The third-order valence-electron chi connectivity index (χ3n) is 4.73. The number of nitrogens with zero attached hydrogens (tertiary/aromatic N) is 1. The van der Waals surface area contributed by atoms with Crippen molar-refractivity contribution in [3.8, 4) is 0 Å². The molecule has 1 aliphatic heterocycles. The van der Waals surface area contributed by atoms with Gasteiger partial charge < -0.3 is 9.47 Å². The average Bonchev–Trinajstić information content (AvgIpc) is 2.95. The van der Waals surface area contributed by atoms with E-state index in [-0.39, 0.29) is 24.2 Å². The van der Waals surface area contributed by atoms with Gasteiger partial charge in [-0.1, -0.05) is 42.5 Å². The Morgan fingerprint density at radius 2 is 1.68 bits per heavy atom. The van der Waals surface area contributed by atoms with Gasteiger partial charge in [0.25, 0.3) is 0 Å². The second-order valence-electron chi connectivity index (χ2n) is 8.58. The SMILES string of the molecule is CC(C)(C)OC(=O)c1ccc(C2(CC(F)(F)F)CN(Cc3ccccc3)C(=O)O2)cc1. The number of benzene rings is 2. The first-order valence-corrected chi connectivity index (χ1v) is 9.79. The lowest BCUT2D eigenvalue weighted by atomic mass is 9.89.